The Kier molecular flexibility index (Phi) is 3.52. The van der Waals surface area contributed by atoms with Crippen LogP contribution in [0.1, 0.15) is 5.56 Å². The fourth-order valence-electron chi connectivity index (χ4n) is 1.99. The Morgan fingerprint density at radius 2 is 1.95 bits per heavy atom. The van der Waals surface area contributed by atoms with Crippen LogP contribution in [0.3, 0.4) is 0 Å². The summed E-state index contributed by atoms with van der Waals surface area (Å²) in [4.78, 5) is 3.84. The van der Waals surface area contributed by atoms with E-state index < -0.39 is 21.6 Å². The van der Waals surface area contributed by atoms with E-state index in [9.17, 15) is 21.6 Å². The van der Waals surface area contributed by atoms with Crippen LogP contribution >= 0.6 is 0 Å². The van der Waals surface area contributed by atoms with Crippen molar-refractivity contribution in [3.63, 3.8) is 0 Å². The highest BCUT2D eigenvalue weighted by molar-refractivity contribution is 7.90. The Morgan fingerprint density at radius 3 is 2.48 bits per heavy atom. The number of nitrogen functional groups attached to an aromatic ring is 2. The molecule has 2 rings (SSSR count). The average Bonchev–Trinajstić information content (AvgIpc) is 2.64. The number of nitrogens with zero attached hydrogens (tertiary/aromatic N) is 2. The largest absolute Gasteiger partial charge is 0.418 e. The molecule has 0 aliphatic heterocycles. The number of hydrogen-bond donors (Lipinski definition) is 2. The van der Waals surface area contributed by atoms with Gasteiger partial charge < -0.3 is 16.0 Å². The summed E-state index contributed by atoms with van der Waals surface area (Å²) in [5, 5.41) is -0.273. The van der Waals surface area contributed by atoms with Gasteiger partial charge in [0.05, 0.1) is 16.7 Å². The van der Waals surface area contributed by atoms with Crippen molar-refractivity contribution >= 4 is 32.4 Å². The van der Waals surface area contributed by atoms with E-state index in [0.29, 0.717) is 0 Å². The van der Waals surface area contributed by atoms with Gasteiger partial charge in [-0.3, -0.25) is 0 Å². The second-order valence-corrected chi connectivity index (χ2v) is 6.96. The van der Waals surface area contributed by atoms with Crippen molar-refractivity contribution in [1.29, 1.82) is 0 Å². The first-order chi connectivity index (χ1) is 9.49. The van der Waals surface area contributed by atoms with Gasteiger partial charge in [-0.2, -0.15) is 13.2 Å². The summed E-state index contributed by atoms with van der Waals surface area (Å²) in [6, 6.07) is 1.14. The normalized spacial score (nSPS) is 13.0. The zero-order valence-corrected chi connectivity index (χ0v) is 11.8. The van der Waals surface area contributed by atoms with E-state index in [-0.39, 0.29) is 34.8 Å². The Bertz CT molecular complexity index is 796. The molecule has 0 spiro atoms. The molecule has 0 fully saturated rings. The van der Waals surface area contributed by atoms with Crippen molar-refractivity contribution < 1.29 is 21.6 Å². The first kappa shape index (κ1) is 15.4. The Hall–Kier alpha value is -1.97. The third kappa shape index (κ3) is 3.20. The standard InChI is InChI=1S/C11H13F3N4O2S/c1-21(19,20)3-2-18-5-6(11(12,13)14)9-7(15)4-8(16)17-10(9)18/h4-5H,2-3H2,1H3,(H4,15,16,17). The number of aryl methyl sites for hydroxylation is 1. The molecule has 0 amide bonds. The maximum atomic E-state index is 13.0. The maximum absolute atomic E-state index is 13.0. The number of pyridine rings is 1. The van der Waals surface area contributed by atoms with E-state index in [1.807, 2.05) is 0 Å². The van der Waals surface area contributed by atoms with Gasteiger partial charge in [-0.25, -0.2) is 13.4 Å². The summed E-state index contributed by atoms with van der Waals surface area (Å²) in [6.07, 6.45) is -2.82. The van der Waals surface area contributed by atoms with Gasteiger partial charge >= 0.3 is 6.18 Å². The van der Waals surface area contributed by atoms with Crippen LogP contribution in [0.25, 0.3) is 11.0 Å². The van der Waals surface area contributed by atoms with Crippen LogP contribution in [0.5, 0.6) is 0 Å². The molecule has 2 heterocycles. The summed E-state index contributed by atoms with van der Waals surface area (Å²) >= 11 is 0. The van der Waals surface area contributed by atoms with Gasteiger partial charge in [0.1, 0.15) is 21.3 Å². The fraction of sp³-hybridized carbons (Fsp3) is 0.364. The summed E-state index contributed by atoms with van der Waals surface area (Å²) in [7, 11) is -3.33. The zero-order valence-electron chi connectivity index (χ0n) is 11.0. The molecule has 0 radical (unpaired) electrons. The van der Waals surface area contributed by atoms with Crippen molar-refractivity contribution in [3.8, 4) is 0 Å². The quantitative estimate of drug-likeness (QED) is 0.885. The minimum absolute atomic E-state index is 0.0348. The molecule has 0 saturated carbocycles. The second-order valence-electron chi connectivity index (χ2n) is 4.70. The van der Waals surface area contributed by atoms with Crippen LogP contribution in [0.15, 0.2) is 12.3 Å². The highest BCUT2D eigenvalue weighted by Crippen LogP contribution is 2.38. The molecule has 10 heteroatoms. The van der Waals surface area contributed by atoms with Crippen molar-refractivity contribution in [2.24, 2.45) is 0 Å². The molecule has 21 heavy (non-hydrogen) atoms. The van der Waals surface area contributed by atoms with Gasteiger partial charge in [0.2, 0.25) is 0 Å². The predicted octanol–water partition coefficient (Wildman–Crippen LogP) is 1.26. The monoisotopic (exact) mass is 322 g/mol. The van der Waals surface area contributed by atoms with E-state index in [2.05, 4.69) is 4.98 Å². The smallest absolute Gasteiger partial charge is 0.398 e. The molecule has 0 atom stereocenters. The zero-order chi connectivity index (χ0) is 16.0. The van der Waals surface area contributed by atoms with Crippen LogP contribution in [-0.4, -0.2) is 30.0 Å². The van der Waals surface area contributed by atoms with Crippen LogP contribution < -0.4 is 11.5 Å². The van der Waals surface area contributed by atoms with Gasteiger partial charge in [0, 0.05) is 30.8 Å². The van der Waals surface area contributed by atoms with E-state index in [4.69, 9.17) is 11.5 Å². The number of fused-ring (bicyclic) bond motifs is 1. The first-order valence-corrected chi connectivity index (χ1v) is 7.85. The molecule has 0 aliphatic carbocycles. The van der Waals surface area contributed by atoms with Gasteiger partial charge in [-0.1, -0.05) is 0 Å². The molecular formula is C11H13F3N4O2S. The highest BCUT2D eigenvalue weighted by Gasteiger charge is 2.36. The maximum Gasteiger partial charge on any atom is 0.418 e. The van der Waals surface area contributed by atoms with E-state index in [0.717, 1.165) is 23.1 Å². The molecular weight excluding hydrogens is 309 g/mol. The molecule has 4 N–H and O–H groups in total. The van der Waals surface area contributed by atoms with E-state index >= 15 is 0 Å². The van der Waals surface area contributed by atoms with Gasteiger partial charge in [-0.15, -0.1) is 0 Å². The minimum atomic E-state index is -4.62. The third-order valence-corrected chi connectivity index (χ3v) is 3.81. The number of halogens is 3. The molecule has 0 unspecified atom stereocenters. The lowest BCUT2D eigenvalue weighted by Crippen LogP contribution is -2.11. The molecule has 116 valence electrons. The third-order valence-electron chi connectivity index (χ3n) is 2.89. The lowest BCUT2D eigenvalue weighted by atomic mass is 10.2. The number of anilines is 2. The highest BCUT2D eigenvalue weighted by atomic mass is 32.2. The Labute approximate surface area is 118 Å². The summed E-state index contributed by atoms with van der Waals surface area (Å²) < 4.78 is 62.6. The topological polar surface area (TPSA) is 104 Å². The molecule has 0 bridgehead atoms. The number of nitrogens with two attached hydrogens (primary N) is 2. The minimum Gasteiger partial charge on any atom is -0.398 e. The molecule has 2 aromatic rings. The molecule has 2 aromatic heterocycles. The average molecular weight is 322 g/mol. The molecule has 0 aliphatic rings. The lowest BCUT2D eigenvalue weighted by molar-refractivity contribution is -0.136. The number of sulfone groups is 1. The van der Waals surface area contributed by atoms with Crippen molar-refractivity contribution in [2.45, 2.75) is 12.7 Å². The van der Waals surface area contributed by atoms with Gasteiger partial charge in [-0.05, 0) is 0 Å². The predicted molar refractivity (Wildman–Crippen MR) is 73.3 cm³/mol. The number of hydrogen-bond acceptors (Lipinski definition) is 5. The van der Waals surface area contributed by atoms with Crippen LogP contribution in [0, 0.1) is 0 Å². The molecule has 0 saturated heterocycles. The second kappa shape index (κ2) is 4.79. The van der Waals surface area contributed by atoms with Gasteiger partial charge in [0.15, 0.2) is 0 Å². The van der Waals surface area contributed by atoms with Crippen molar-refractivity contribution in [3.05, 3.63) is 17.8 Å². The number of aromatic nitrogens is 2. The first-order valence-electron chi connectivity index (χ1n) is 5.79. The van der Waals surface area contributed by atoms with Crippen molar-refractivity contribution in [2.75, 3.05) is 23.5 Å². The summed E-state index contributed by atoms with van der Waals surface area (Å²) in [5.74, 6) is -0.350. The van der Waals surface area contributed by atoms with Gasteiger partial charge in [0.25, 0.3) is 0 Å². The number of rotatable bonds is 3. The van der Waals surface area contributed by atoms with E-state index in [1.54, 1.807) is 0 Å². The Morgan fingerprint density at radius 1 is 1.33 bits per heavy atom. The van der Waals surface area contributed by atoms with Crippen LogP contribution in [0.4, 0.5) is 24.7 Å². The summed E-state index contributed by atoms with van der Waals surface area (Å²) in [6.45, 7) is -0.165. The van der Waals surface area contributed by atoms with Crippen LogP contribution in [-0.2, 0) is 22.6 Å². The SMILES string of the molecule is CS(=O)(=O)CCn1cc(C(F)(F)F)c2c(N)cc(N)nc21. The van der Waals surface area contributed by atoms with Crippen LogP contribution in [0.2, 0.25) is 0 Å². The van der Waals surface area contributed by atoms with Crippen molar-refractivity contribution in [1.82, 2.24) is 9.55 Å². The van der Waals surface area contributed by atoms with E-state index in [1.165, 1.54) is 0 Å². The Balaban J connectivity index is 2.66. The molecule has 0 aromatic carbocycles. The fourth-order valence-corrected chi connectivity index (χ4v) is 2.51. The number of alkyl halides is 3. The lowest BCUT2D eigenvalue weighted by Gasteiger charge is -2.06. The summed E-state index contributed by atoms with van der Waals surface area (Å²) in [5.41, 5.74) is 9.90. The molecule has 6 nitrogen and oxygen atoms in total.